The van der Waals surface area contributed by atoms with Gasteiger partial charge in [-0.25, -0.2) is 0 Å². The lowest BCUT2D eigenvalue weighted by Gasteiger charge is -2.31. The third-order valence-corrected chi connectivity index (χ3v) is 6.35. The summed E-state index contributed by atoms with van der Waals surface area (Å²) in [6.07, 6.45) is 1.26. The summed E-state index contributed by atoms with van der Waals surface area (Å²) in [7, 11) is 0. The highest BCUT2D eigenvalue weighted by Gasteiger charge is 2.28. The minimum Gasteiger partial charge on any atom is -0.508 e. The van der Waals surface area contributed by atoms with E-state index >= 15 is 0 Å². The van der Waals surface area contributed by atoms with Crippen molar-refractivity contribution in [1.29, 1.82) is 0 Å². The van der Waals surface area contributed by atoms with E-state index in [0.717, 1.165) is 33.8 Å². The van der Waals surface area contributed by atoms with Crippen LogP contribution in [-0.2, 0) is 12.8 Å². The number of ether oxygens (including phenoxy) is 2. The first-order chi connectivity index (χ1) is 15.4. The van der Waals surface area contributed by atoms with Gasteiger partial charge in [0.2, 0.25) is 0 Å². The molecular weight excluding hydrogens is 408 g/mol. The summed E-state index contributed by atoms with van der Waals surface area (Å²) in [5, 5.41) is 10.8. The first-order valence-electron chi connectivity index (χ1n) is 11.7. The normalized spacial score (nSPS) is 12.0. The van der Waals surface area contributed by atoms with E-state index in [1.54, 1.807) is 6.07 Å². The molecular formula is C30H38O3. The lowest BCUT2D eigenvalue weighted by atomic mass is 9.88. The summed E-state index contributed by atoms with van der Waals surface area (Å²) in [5.41, 5.74) is 5.76. The van der Waals surface area contributed by atoms with Gasteiger partial charge in [0.05, 0.1) is 0 Å². The van der Waals surface area contributed by atoms with Crippen LogP contribution in [0.5, 0.6) is 17.2 Å². The first kappa shape index (κ1) is 24.7. The fraction of sp³-hybridized carbons (Fsp3) is 0.400. The molecule has 3 rings (SSSR count). The second-order valence-corrected chi connectivity index (χ2v) is 10.4. The first-order valence-corrected chi connectivity index (χ1v) is 11.7. The van der Waals surface area contributed by atoms with E-state index in [-0.39, 0.29) is 0 Å². The molecule has 0 saturated heterocycles. The van der Waals surface area contributed by atoms with Crippen LogP contribution in [0.2, 0.25) is 0 Å². The predicted octanol–water partition coefficient (Wildman–Crippen LogP) is 7.43. The van der Waals surface area contributed by atoms with Gasteiger partial charge >= 0.3 is 0 Å². The molecule has 0 fully saturated rings. The molecule has 3 heteroatoms. The zero-order valence-electron chi connectivity index (χ0n) is 21.4. The molecule has 0 unspecified atom stereocenters. The lowest BCUT2D eigenvalue weighted by Crippen LogP contribution is -2.34. The number of phenols is 1. The highest BCUT2D eigenvalue weighted by atomic mass is 16.5. The summed E-state index contributed by atoms with van der Waals surface area (Å²) in [4.78, 5) is 0. The van der Waals surface area contributed by atoms with E-state index in [4.69, 9.17) is 9.47 Å². The Bertz CT molecular complexity index is 1130. The van der Waals surface area contributed by atoms with Crippen LogP contribution in [0.1, 0.15) is 61.1 Å². The number of benzene rings is 3. The van der Waals surface area contributed by atoms with E-state index < -0.39 is 11.2 Å². The maximum Gasteiger partial charge on any atom is 0.123 e. The molecule has 0 atom stereocenters. The van der Waals surface area contributed by atoms with Gasteiger partial charge in [-0.2, -0.15) is 0 Å². The maximum atomic E-state index is 10.8. The quantitative estimate of drug-likeness (QED) is 0.391. The molecule has 0 radical (unpaired) electrons. The molecule has 0 aliphatic heterocycles. The number of hydrogen-bond acceptors (Lipinski definition) is 3. The third-order valence-electron chi connectivity index (χ3n) is 6.35. The van der Waals surface area contributed by atoms with Gasteiger partial charge in [0.25, 0.3) is 0 Å². The topological polar surface area (TPSA) is 38.7 Å². The average molecular weight is 447 g/mol. The summed E-state index contributed by atoms with van der Waals surface area (Å²) in [6, 6.07) is 18.0. The fourth-order valence-electron chi connectivity index (χ4n) is 4.21. The predicted molar refractivity (Wildman–Crippen MR) is 137 cm³/mol. The zero-order chi connectivity index (χ0) is 24.4. The lowest BCUT2D eigenvalue weighted by molar-refractivity contribution is 0.102. The summed E-state index contributed by atoms with van der Waals surface area (Å²) in [6.45, 7) is 16.7. The van der Waals surface area contributed by atoms with Crippen LogP contribution >= 0.6 is 0 Å². The number of aromatic hydroxyl groups is 1. The zero-order valence-corrected chi connectivity index (χ0v) is 21.4. The van der Waals surface area contributed by atoms with E-state index in [9.17, 15) is 5.11 Å². The van der Waals surface area contributed by atoms with Crippen molar-refractivity contribution in [2.75, 3.05) is 0 Å². The SMILES string of the molecule is Cc1cccc(OC(C)(C)Cc2cccc(O)c2CC(C)(C)Oc2cccc(C)c2C)c1C. The van der Waals surface area contributed by atoms with Crippen molar-refractivity contribution in [2.24, 2.45) is 0 Å². The highest BCUT2D eigenvalue weighted by Crippen LogP contribution is 2.34. The second kappa shape index (κ2) is 9.51. The number of hydrogen-bond donors (Lipinski definition) is 1. The Morgan fingerprint density at radius 2 is 1.09 bits per heavy atom. The molecule has 0 bridgehead atoms. The van der Waals surface area contributed by atoms with Gasteiger partial charge in [0, 0.05) is 18.4 Å². The van der Waals surface area contributed by atoms with Gasteiger partial charge in [0.1, 0.15) is 28.5 Å². The van der Waals surface area contributed by atoms with Crippen molar-refractivity contribution >= 4 is 0 Å². The van der Waals surface area contributed by atoms with Gasteiger partial charge in [-0.15, -0.1) is 0 Å². The molecule has 0 heterocycles. The van der Waals surface area contributed by atoms with Crippen molar-refractivity contribution in [1.82, 2.24) is 0 Å². The maximum absolute atomic E-state index is 10.8. The van der Waals surface area contributed by atoms with Crippen LogP contribution < -0.4 is 9.47 Å². The molecule has 3 nitrogen and oxygen atoms in total. The fourth-order valence-corrected chi connectivity index (χ4v) is 4.21. The molecule has 0 saturated carbocycles. The summed E-state index contributed by atoms with van der Waals surface area (Å²) >= 11 is 0. The Kier molecular flexibility index (Phi) is 7.11. The van der Waals surface area contributed by atoms with E-state index in [1.807, 2.05) is 30.3 Å². The van der Waals surface area contributed by atoms with Crippen molar-refractivity contribution in [2.45, 2.75) is 79.4 Å². The van der Waals surface area contributed by atoms with Crippen LogP contribution in [0.4, 0.5) is 0 Å². The van der Waals surface area contributed by atoms with Crippen molar-refractivity contribution < 1.29 is 14.6 Å². The molecule has 0 spiro atoms. The molecule has 3 aromatic carbocycles. The van der Waals surface area contributed by atoms with Crippen LogP contribution in [0, 0.1) is 27.7 Å². The van der Waals surface area contributed by atoms with E-state index in [1.165, 1.54) is 11.1 Å². The van der Waals surface area contributed by atoms with Gasteiger partial charge in [-0.1, -0.05) is 36.4 Å². The summed E-state index contributed by atoms with van der Waals surface area (Å²) < 4.78 is 12.9. The van der Waals surface area contributed by atoms with Crippen LogP contribution in [0.3, 0.4) is 0 Å². The molecule has 0 aromatic heterocycles. The minimum atomic E-state index is -0.496. The Morgan fingerprint density at radius 3 is 1.61 bits per heavy atom. The Hall–Kier alpha value is -2.94. The third kappa shape index (κ3) is 6.10. The Labute approximate surface area is 199 Å². The van der Waals surface area contributed by atoms with Gasteiger partial charge in [0.15, 0.2) is 0 Å². The van der Waals surface area contributed by atoms with Crippen molar-refractivity contribution in [3.63, 3.8) is 0 Å². The van der Waals surface area contributed by atoms with Gasteiger partial charge in [-0.3, -0.25) is 0 Å². The second-order valence-electron chi connectivity index (χ2n) is 10.4. The van der Waals surface area contributed by atoms with Crippen molar-refractivity contribution in [3.8, 4) is 17.2 Å². The molecule has 0 aliphatic rings. The number of rotatable bonds is 8. The van der Waals surface area contributed by atoms with Crippen molar-refractivity contribution in [3.05, 3.63) is 88.0 Å². The van der Waals surface area contributed by atoms with Gasteiger partial charge < -0.3 is 14.6 Å². The largest absolute Gasteiger partial charge is 0.508 e. The summed E-state index contributed by atoms with van der Waals surface area (Å²) in [5.74, 6) is 2.09. The average Bonchev–Trinajstić information content (AvgIpc) is 2.71. The van der Waals surface area contributed by atoms with E-state index in [0.29, 0.717) is 18.6 Å². The number of aryl methyl sites for hydroxylation is 2. The van der Waals surface area contributed by atoms with Crippen LogP contribution in [0.25, 0.3) is 0 Å². The molecule has 3 aromatic rings. The molecule has 0 amide bonds. The highest BCUT2D eigenvalue weighted by molar-refractivity contribution is 5.43. The smallest absolute Gasteiger partial charge is 0.123 e. The number of phenolic OH excluding ortho intramolecular Hbond substituents is 1. The molecule has 33 heavy (non-hydrogen) atoms. The van der Waals surface area contributed by atoms with Gasteiger partial charge in [-0.05, 0) is 101 Å². The molecule has 0 aliphatic carbocycles. The van der Waals surface area contributed by atoms with Crippen LogP contribution in [0.15, 0.2) is 54.6 Å². The minimum absolute atomic E-state index is 0.299. The Morgan fingerprint density at radius 1 is 0.636 bits per heavy atom. The standard InChI is InChI=1S/C30H38O3/c1-20-12-9-16-27(22(20)3)32-29(5,6)18-24-14-11-15-26(31)25(24)19-30(7,8)33-28-17-10-13-21(2)23(28)4/h9-17,31H,18-19H2,1-8H3. The van der Waals surface area contributed by atoms with Crippen LogP contribution in [-0.4, -0.2) is 16.3 Å². The van der Waals surface area contributed by atoms with E-state index in [2.05, 4.69) is 73.6 Å². The Balaban J connectivity index is 1.84. The molecule has 1 N–H and O–H groups in total. The monoisotopic (exact) mass is 446 g/mol. The molecule has 176 valence electrons.